The molecule has 3 aromatic rings. The van der Waals surface area contributed by atoms with Gasteiger partial charge in [-0.25, -0.2) is 4.79 Å². The molecule has 144 valence electrons. The van der Waals surface area contributed by atoms with Gasteiger partial charge in [-0.15, -0.1) is 0 Å². The van der Waals surface area contributed by atoms with Crippen molar-refractivity contribution < 1.29 is 15.0 Å². The van der Waals surface area contributed by atoms with Crippen LogP contribution in [-0.2, 0) is 17.6 Å². The summed E-state index contributed by atoms with van der Waals surface area (Å²) >= 11 is 0. The molecule has 1 aliphatic rings. The summed E-state index contributed by atoms with van der Waals surface area (Å²) in [4.78, 5) is 14.0. The van der Waals surface area contributed by atoms with Crippen molar-refractivity contribution in [1.82, 2.24) is 10.3 Å². The van der Waals surface area contributed by atoms with Gasteiger partial charge in [0.25, 0.3) is 0 Å². The number of H-pyrrole nitrogens is 1. The maximum atomic E-state index is 10.7. The van der Waals surface area contributed by atoms with Crippen LogP contribution < -0.4 is 5.32 Å². The summed E-state index contributed by atoms with van der Waals surface area (Å²) in [7, 11) is 0. The lowest BCUT2D eigenvalue weighted by Gasteiger charge is -2.22. The number of aromatic amines is 1. The van der Waals surface area contributed by atoms with Gasteiger partial charge in [-0.3, -0.25) is 0 Å². The number of para-hydroxylation sites is 1. The van der Waals surface area contributed by atoms with Crippen molar-refractivity contribution in [3.05, 3.63) is 77.0 Å². The van der Waals surface area contributed by atoms with Crippen molar-refractivity contribution in [3.8, 4) is 0 Å². The molecule has 28 heavy (non-hydrogen) atoms. The van der Waals surface area contributed by atoms with Gasteiger partial charge in [0.2, 0.25) is 0 Å². The molecule has 0 bridgehead atoms. The van der Waals surface area contributed by atoms with Crippen molar-refractivity contribution in [2.24, 2.45) is 0 Å². The van der Waals surface area contributed by atoms with Crippen molar-refractivity contribution >= 4 is 22.9 Å². The predicted octanol–water partition coefficient (Wildman–Crippen LogP) is 3.45. The number of benzene rings is 2. The zero-order valence-electron chi connectivity index (χ0n) is 15.6. The van der Waals surface area contributed by atoms with Crippen LogP contribution in [0.25, 0.3) is 17.0 Å². The molecule has 1 aliphatic carbocycles. The molecule has 1 aromatic heterocycles. The molecule has 5 heteroatoms. The number of aliphatic carboxylic acids is 1. The SMILES string of the molecule is O=C(O)/C=C/c1ccc2c(c1)CC[C@H]2N[C@H](CO)Cc1c[nH]c2ccccc12. The van der Waals surface area contributed by atoms with Crippen LogP contribution in [0.15, 0.2) is 54.7 Å². The lowest BCUT2D eigenvalue weighted by molar-refractivity contribution is -0.131. The third-order valence-electron chi connectivity index (χ3n) is 5.46. The van der Waals surface area contributed by atoms with E-state index < -0.39 is 5.97 Å². The molecule has 4 N–H and O–H groups in total. The number of carboxylic acids is 1. The average molecular weight is 376 g/mol. The second kappa shape index (κ2) is 8.00. The molecule has 2 atom stereocenters. The number of hydrogen-bond acceptors (Lipinski definition) is 3. The predicted molar refractivity (Wildman–Crippen MR) is 110 cm³/mol. The Hall–Kier alpha value is -2.89. The molecule has 0 saturated carbocycles. The van der Waals surface area contributed by atoms with Crippen LogP contribution in [0.1, 0.15) is 34.7 Å². The number of hydrogen-bond donors (Lipinski definition) is 4. The van der Waals surface area contributed by atoms with Crippen molar-refractivity contribution in [3.63, 3.8) is 0 Å². The van der Waals surface area contributed by atoms with Crippen LogP contribution in [0.4, 0.5) is 0 Å². The van der Waals surface area contributed by atoms with Gasteiger partial charge in [-0.2, -0.15) is 0 Å². The summed E-state index contributed by atoms with van der Waals surface area (Å²) in [5, 5.41) is 23.5. The van der Waals surface area contributed by atoms with E-state index in [1.807, 2.05) is 24.4 Å². The van der Waals surface area contributed by atoms with Gasteiger partial charge >= 0.3 is 5.97 Å². The van der Waals surface area contributed by atoms with Crippen LogP contribution in [0.3, 0.4) is 0 Å². The van der Waals surface area contributed by atoms with Gasteiger partial charge in [-0.05, 0) is 53.7 Å². The Kier molecular flexibility index (Phi) is 5.28. The van der Waals surface area contributed by atoms with Crippen LogP contribution in [0.2, 0.25) is 0 Å². The van der Waals surface area contributed by atoms with E-state index in [1.54, 1.807) is 6.08 Å². The minimum absolute atomic E-state index is 0.0262. The molecule has 0 spiro atoms. The first-order valence-corrected chi connectivity index (χ1v) is 9.60. The van der Waals surface area contributed by atoms with Crippen LogP contribution in [-0.4, -0.2) is 33.8 Å². The van der Waals surface area contributed by atoms with E-state index in [-0.39, 0.29) is 18.7 Å². The van der Waals surface area contributed by atoms with Crippen molar-refractivity contribution in [2.45, 2.75) is 31.3 Å². The van der Waals surface area contributed by atoms with E-state index in [2.05, 4.69) is 34.6 Å². The topological polar surface area (TPSA) is 85.3 Å². The highest BCUT2D eigenvalue weighted by Gasteiger charge is 2.25. The number of aryl methyl sites for hydroxylation is 1. The number of carboxylic acid groups (broad SMARTS) is 1. The second-order valence-electron chi connectivity index (χ2n) is 7.33. The lowest BCUT2D eigenvalue weighted by Crippen LogP contribution is -2.36. The largest absolute Gasteiger partial charge is 0.478 e. The molecule has 1 heterocycles. The summed E-state index contributed by atoms with van der Waals surface area (Å²) < 4.78 is 0. The Bertz CT molecular complexity index is 1020. The maximum Gasteiger partial charge on any atom is 0.328 e. The summed E-state index contributed by atoms with van der Waals surface area (Å²) in [5.74, 6) is -0.942. The number of rotatable bonds is 7. The number of fused-ring (bicyclic) bond motifs is 2. The van der Waals surface area contributed by atoms with E-state index in [0.717, 1.165) is 36.4 Å². The van der Waals surface area contributed by atoms with Gasteiger partial charge in [0.15, 0.2) is 0 Å². The van der Waals surface area contributed by atoms with E-state index in [1.165, 1.54) is 22.1 Å². The highest BCUT2D eigenvalue weighted by atomic mass is 16.4. The van der Waals surface area contributed by atoms with Gasteiger partial charge in [-0.1, -0.05) is 36.4 Å². The Balaban J connectivity index is 1.48. The molecule has 0 radical (unpaired) electrons. The quantitative estimate of drug-likeness (QED) is 0.476. The number of aromatic nitrogens is 1. The molecule has 5 nitrogen and oxygen atoms in total. The zero-order valence-corrected chi connectivity index (χ0v) is 15.6. The number of aliphatic hydroxyl groups excluding tert-OH is 1. The Morgan fingerprint density at radius 3 is 2.96 bits per heavy atom. The van der Waals surface area contributed by atoms with E-state index in [4.69, 9.17) is 5.11 Å². The Morgan fingerprint density at radius 2 is 2.14 bits per heavy atom. The van der Waals surface area contributed by atoms with Crippen LogP contribution >= 0.6 is 0 Å². The third kappa shape index (κ3) is 3.86. The Morgan fingerprint density at radius 1 is 1.29 bits per heavy atom. The van der Waals surface area contributed by atoms with Gasteiger partial charge in [0.05, 0.1) is 6.61 Å². The number of nitrogens with one attached hydrogen (secondary N) is 2. The number of carbonyl (C=O) groups is 1. The second-order valence-corrected chi connectivity index (χ2v) is 7.33. The molecular weight excluding hydrogens is 352 g/mol. The average Bonchev–Trinajstić information content (AvgIpc) is 3.30. The van der Waals surface area contributed by atoms with Crippen LogP contribution in [0.5, 0.6) is 0 Å². The van der Waals surface area contributed by atoms with Crippen molar-refractivity contribution in [1.29, 1.82) is 0 Å². The van der Waals surface area contributed by atoms with Gasteiger partial charge in [0, 0.05) is 35.3 Å². The first kappa shape index (κ1) is 18.5. The smallest absolute Gasteiger partial charge is 0.328 e. The van der Waals surface area contributed by atoms with Crippen molar-refractivity contribution in [2.75, 3.05) is 6.61 Å². The fraction of sp³-hybridized carbons (Fsp3) is 0.261. The molecule has 0 unspecified atom stereocenters. The monoisotopic (exact) mass is 376 g/mol. The summed E-state index contributed by atoms with van der Waals surface area (Å²) in [6.45, 7) is 0.0742. The fourth-order valence-corrected chi connectivity index (χ4v) is 4.11. The molecule has 0 amide bonds. The molecule has 2 aromatic carbocycles. The third-order valence-corrected chi connectivity index (χ3v) is 5.46. The standard InChI is InChI=1S/C23H24N2O3/c26-14-18(12-17-13-24-21-4-2-1-3-19(17)21)25-22-9-7-16-11-15(5-8-20(16)22)6-10-23(27)28/h1-6,8,10-11,13,18,22,24-26H,7,9,12,14H2,(H,27,28)/b10-6+/t18-,22+/m0/s1. The van der Waals surface area contributed by atoms with E-state index in [0.29, 0.717) is 0 Å². The highest BCUT2D eigenvalue weighted by Crippen LogP contribution is 2.33. The molecule has 4 rings (SSSR count). The normalized spacial score (nSPS) is 17.2. The van der Waals surface area contributed by atoms with Gasteiger partial charge < -0.3 is 20.5 Å². The molecular formula is C23H24N2O3. The zero-order chi connectivity index (χ0) is 19.5. The lowest BCUT2D eigenvalue weighted by atomic mass is 10.0. The molecule has 0 aliphatic heterocycles. The van der Waals surface area contributed by atoms with E-state index in [9.17, 15) is 9.90 Å². The summed E-state index contributed by atoms with van der Waals surface area (Å²) in [6.07, 6.45) is 7.50. The molecule has 0 saturated heterocycles. The highest BCUT2D eigenvalue weighted by molar-refractivity contribution is 5.85. The van der Waals surface area contributed by atoms with E-state index >= 15 is 0 Å². The first-order chi connectivity index (χ1) is 13.6. The summed E-state index contributed by atoms with van der Waals surface area (Å²) in [5.41, 5.74) is 5.70. The first-order valence-electron chi connectivity index (χ1n) is 9.60. The maximum absolute atomic E-state index is 10.7. The van der Waals surface area contributed by atoms with Gasteiger partial charge in [0.1, 0.15) is 0 Å². The minimum atomic E-state index is -0.942. The Labute approximate surface area is 163 Å². The minimum Gasteiger partial charge on any atom is -0.478 e. The molecule has 0 fully saturated rings. The van der Waals surface area contributed by atoms with Crippen LogP contribution in [0, 0.1) is 0 Å². The summed E-state index contributed by atoms with van der Waals surface area (Å²) in [6, 6.07) is 14.5. The number of aliphatic hydroxyl groups is 1. The fourth-order valence-electron chi connectivity index (χ4n) is 4.11.